The number of fused-ring (bicyclic) bond motifs is 1. The van der Waals surface area contributed by atoms with Crippen molar-refractivity contribution in [1.29, 1.82) is 0 Å². The molecule has 0 aliphatic carbocycles. The standard InChI is InChI=1S/C12H10N4O2S/c17-9-4-2-1-3-8(9)5-6-10-15-16-11(18)7-13-14-12(16)19-10/h1-4,7,17H,5-6H2. The van der Waals surface area contributed by atoms with E-state index in [-0.39, 0.29) is 11.3 Å². The first kappa shape index (κ1) is 11.8. The van der Waals surface area contributed by atoms with Gasteiger partial charge in [-0.25, -0.2) is 0 Å². The summed E-state index contributed by atoms with van der Waals surface area (Å²) in [7, 11) is 0. The first-order valence-electron chi connectivity index (χ1n) is 5.71. The number of rotatable bonds is 3. The summed E-state index contributed by atoms with van der Waals surface area (Å²) in [5.41, 5.74) is 0.579. The van der Waals surface area contributed by atoms with Crippen molar-refractivity contribution >= 4 is 16.3 Å². The van der Waals surface area contributed by atoms with Gasteiger partial charge in [-0.15, -0.1) is 5.10 Å². The molecule has 0 unspecified atom stereocenters. The quantitative estimate of drug-likeness (QED) is 0.771. The van der Waals surface area contributed by atoms with E-state index in [1.165, 1.54) is 15.9 Å². The molecule has 6 nitrogen and oxygen atoms in total. The number of benzene rings is 1. The van der Waals surface area contributed by atoms with Gasteiger partial charge >= 0.3 is 0 Å². The van der Waals surface area contributed by atoms with Crippen LogP contribution in [0, 0.1) is 0 Å². The topological polar surface area (TPSA) is 80.4 Å². The van der Waals surface area contributed by atoms with Gasteiger partial charge in [0.05, 0.1) is 0 Å². The van der Waals surface area contributed by atoms with Gasteiger partial charge in [-0.3, -0.25) is 4.79 Å². The summed E-state index contributed by atoms with van der Waals surface area (Å²) in [5.74, 6) is 0.278. The highest BCUT2D eigenvalue weighted by Crippen LogP contribution is 2.19. The summed E-state index contributed by atoms with van der Waals surface area (Å²) in [5, 5.41) is 22.1. The second-order valence-electron chi connectivity index (χ2n) is 4.00. The number of aryl methyl sites for hydroxylation is 2. The summed E-state index contributed by atoms with van der Waals surface area (Å²) < 4.78 is 1.25. The molecule has 0 bridgehead atoms. The maximum absolute atomic E-state index is 11.5. The van der Waals surface area contributed by atoms with E-state index in [1.54, 1.807) is 12.1 Å². The van der Waals surface area contributed by atoms with Crippen LogP contribution in [0.25, 0.3) is 4.96 Å². The Labute approximate surface area is 112 Å². The zero-order valence-corrected chi connectivity index (χ0v) is 10.7. The number of hydrogen-bond donors (Lipinski definition) is 1. The predicted octanol–water partition coefficient (Wildman–Crippen LogP) is 1.04. The molecule has 3 aromatic rings. The molecule has 0 atom stereocenters. The molecule has 2 heterocycles. The highest BCUT2D eigenvalue weighted by atomic mass is 32.1. The van der Waals surface area contributed by atoms with Crippen molar-refractivity contribution < 1.29 is 5.11 Å². The number of para-hydroxylation sites is 1. The van der Waals surface area contributed by atoms with Crippen LogP contribution in [0.2, 0.25) is 0 Å². The van der Waals surface area contributed by atoms with Gasteiger partial charge in [0.25, 0.3) is 5.56 Å². The molecule has 0 saturated heterocycles. The molecule has 1 aromatic carbocycles. The van der Waals surface area contributed by atoms with E-state index < -0.39 is 0 Å². The molecular formula is C12H10N4O2S. The van der Waals surface area contributed by atoms with E-state index in [0.29, 0.717) is 17.8 Å². The fraction of sp³-hybridized carbons (Fsp3) is 0.167. The van der Waals surface area contributed by atoms with E-state index in [0.717, 1.165) is 16.8 Å². The fourth-order valence-electron chi connectivity index (χ4n) is 1.78. The summed E-state index contributed by atoms with van der Waals surface area (Å²) in [6.07, 6.45) is 2.44. The van der Waals surface area contributed by atoms with Crippen molar-refractivity contribution in [2.45, 2.75) is 12.8 Å². The van der Waals surface area contributed by atoms with Crippen molar-refractivity contribution in [3.63, 3.8) is 0 Å². The molecule has 0 amide bonds. The monoisotopic (exact) mass is 274 g/mol. The maximum atomic E-state index is 11.5. The molecule has 0 fully saturated rings. The van der Waals surface area contributed by atoms with Gasteiger partial charge in [-0.05, 0) is 18.1 Å². The van der Waals surface area contributed by atoms with Gasteiger partial charge < -0.3 is 5.11 Å². The minimum Gasteiger partial charge on any atom is -0.508 e. The lowest BCUT2D eigenvalue weighted by Crippen LogP contribution is -2.14. The first-order valence-corrected chi connectivity index (χ1v) is 6.53. The van der Waals surface area contributed by atoms with Crippen LogP contribution in [0.5, 0.6) is 5.75 Å². The Balaban J connectivity index is 1.85. The second-order valence-corrected chi connectivity index (χ2v) is 5.04. The van der Waals surface area contributed by atoms with Crippen LogP contribution in [0.1, 0.15) is 10.6 Å². The largest absolute Gasteiger partial charge is 0.508 e. The van der Waals surface area contributed by atoms with Gasteiger partial charge in [-0.2, -0.15) is 14.7 Å². The van der Waals surface area contributed by atoms with Crippen LogP contribution >= 0.6 is 11.3 Å². The third-order valence-electron chi connectivity index (χ3n) is 2.72. The number of aromatic nitrogens is 4. The molecule has 0 aliphatic rings. The summed E-state index contributed by atoms with van der Waals surface area (Å²) in [6, 6.07) is 7.19. The summed E-state index contributed by atoms with van der Waals surface area (Å²) in [6.45, 7) is 0. The van der Waals surface area contributed by atoms with Crippen molar-refractivity contribution in [2.75, 3.05) is 0 Å². The minimum atomic E-state index is -0.282. The molecule has 3 rings (SSSR count). The molecule has 19 heavy (non-hydrogen) atoms. The zero-order chi connectivity index (χ0) is 13.2. The van der Waals surface area contributed by atoms with Crippen molar-refractivity contribution in [1.82, 2.24) is 19.8 Å². The van der Waals surface area contributed by atoms with Crippen molar-refractivity contribution in [3.05, 3.63) is 51.4 Å². The highest BCUT2D eigenvalue weighted by Gasteiger charge is 2.08. The van der Waals surface area contributed by atoms with E-state index >= 15 is 0 Å². The van der Waals surface area contributed by atoms with Gasteiger partial charge in [0, 0.05) is 6.42 Å². The molecule has 2 aromatic heterocycles. The zero-order valence-electron chi connectivity index (χ0n) is 9.85. The lowest BCUT2D eigenvalue weighted by molar-refractivity contribution is 0.468. The van der Waals surface area contributed by atoms with Crippen LogP contribution in [0.3, 0.4) is 0 Å². The Kier molecular flexibility index (Phi) is 2.96. The third-order valence-corrected chi connectivity index (χ3v) is 3.68. The second kappa shape index (κ2) is 4.77. The van der Waals surface area contributed by atoms with Gasteiger partial charge in [0.15, 0.2) is 0 Å². The number of phenols is 1. The first-order chi connectivity index (χ1) is 9.24. The predicted molar refractivity (Wildman–Crippen MR) is 70.4 cm³/mol. The van der Waals surface area contributed by atoms with E-state index in [9.17, 15) is 9.90 Å². The Hall–Kier alpha value is -2.28. The van der Waals surface area contributed by atoms with E-state index in [1.807, 2.05) is 12.1 Å². The molecule has 0 spiro atoms. The lowest BCUT2D eigenvalue weighted by atomic mass is 10.1. The minimum absolute atomic E-state index is 0.278. The Morgan fingerprint density at radius 2 is 2.11 bits per heavy atom. The van der Waals surface area contributed by atoms with Crippen LogP contribution < -0.4 is 5.56 Å². The third kappa shape index (κ3) is 2.32. The molecule has 0 saturated carbocycles. The Morgan fingerprint density at radius 3 is 2.89 bits per heavy atom. The van der Waals surface area contributed by atoms with E-state index in [4.69, 9.17) is 0 Å². The molecule has 7 heteroatoms. The van der Waals surface area contributed by atoms with Crippen LogP contribution in [-0.4, -0.2) is 24.9 Å². The van der Waals surface area contributed by atoms with Gasteiger partial charge in [-0.1, -0.05) is 29.5 Å². The van der Waals surface area contributed by atoms with Gasteiger partial charge in [0.2, 0.25) is 4.96 Å². The summed E-state index contributed by atoms with van der Waals surface area (Å²) >= 11 is 1.33. The number of nitrogens with zero attached hydrogens (tertiary/aromatic N) is 4. The number of hydrogen-bond acceptors (Lipinski definition) is 6. The molecular weight excluding hydrogens is 264 g/mol. The summed E-state index contributed by atoms with van der Waals surface area (Å²) in [4.78, 5) is 12.0. The lowest BCUT2D eigenvalue weighted by Gasteiger charge is -2.01. The average molecular weight is 274 g/mol. The Bertz CT molecular complexity index is 780. The van der Waals surface area contributed by atoms with Gasteiger partial charge in [0.1, 0.15) is 17.0 Å². The molecule has 96 valence electrons. The fourth-order valence-corrected chi connectivity index (χ4v) is 2.62. The number of aromatic hydroxyl groups is 1. The van der Waals surface area contributed by atoms with Crippen LogP contribution in [-0.2, 0) is 12.8 Å². The van der Waals surface area contributed by atoms with Crippen molar-refractivity contribution in [3.8, 4) is 5.75 Å². The molecule has 0 aliphatic heterocycles. The average Bonchev–Trinajstić information content (AvgIpc) is 2.82. The van der Waals surface area contributed by atoms with Crippen LogP contribution in [0.15, 0.2) is 35.3 Å². The SMILES string of the molecule is O=c1cnnc2sc(CCc3ccccc3O)nn12. The number of phenolic OH excluding ortho intramolecular Hbond substituents is 1. The van der Waals surface area contributed by atoms with Crippen molar-refractivity contribution in [2.24, 2.45) is 0 Å². The normalized spacial score (nSPS) is 10.9. The van der Waals surface area contributed by atoms with E-state index in [2.05, 4.69) is 15.3 Å². The Morgan fingerprint density at radius 1 is 1.26 bits per heavy atom. The smallest absolute Gasteiger partial charge is 0.293 e. The molecule has 0 radical (unpaired) electrons. The highest BCUT2D eigenvalue weighted by molar-refractivity contribution is 7.16. The maximum Gasteiger partial charge on any atom is 0.293 e. The van der Waals surface area contributed by atoms with Crippen LogP contribution in [0.4, 0.5) is 0 Å². The molecule has 1 N–H and O–H groups in total.